The molecule has 0 saturated carbocycles. The third kappa shape index (κ3) is 6.94. The van der Waals surface area contributed by atoms with Crippen molar-refractivity contribution >= 4 is 17.7 Å². The van der Waals surface area contributed by atoms with Crippen molar-refractivity contribution in [1.82, 2.24) is 0 Å². The minimum absolute atomic E-state index is 0.0858. The minimum atomic E-state index is -0.501. The van der Waals surface area contributed by atoms with Crippen LogP contribution in [0, 0.1) is 6.92 Å². The van der Waals surface area contributed by atoms with E-state index in [0.29, 0.717) is 5.75 Å². The van der Waals surface area contributed by atoms with E-state index in [1.165, 1.54) is 15.4 Å². The summed E-state index contributed by atoms with van der Waals surface area (Å²) in [5.74, 6) is 0.309. The molecule has 0 N–H and O–H groups in total. The van der Waals surface area contributed by atoms with Crippen LogP contribution in [-0.4, -0.2) is 18.2 Å². The van der Waals surface area contributed by atoms with Crippen LogP contribution in [0.5, 0.6) is 5.75 Å². The number of esters is 1. The molecule has 4 heteroatoms. The predicted octanol–water partition coefficient (Wildman–Crippen LogP) is 6.16. The van der Waals surface area contributed by atoms with Crippen molar-refractivity contribution in [2.45, 2.75) is 69.3 Å². The molecule has 0 aliphatic rings. The van der Waals surface area contributed by atoms with Gasteiger partial charge in [-0.05, 0) is 74.6 Å². The molecule has 0 aliphatic carbocycles. The minimum Gasteiger partial charge on any atom is -0.482 e. The zero-order valence-electron chi connectivity index (χ0n) is 17.4. The number of ether oxygens (including phenoxy) is 2. The highest BCUT2D eigenvalue weighted by Gasteiger charge is 2.17. The van der Waals surface area contributed by atoms with E-state index in [1.807, 2.05) is 45.9 Å². The summed E-state index contributed by atoms with van der Waals surface area (Å²) >= 11 is 1.73. The topological polar surface area (TPSA) is 35.5 Å². The van der Waals surface area contributed by atoms with Gasteiger partial charge in [0.05, 0.1) is 0 Å². The maximum Gasteiger partial charge on any atom is 0.344 e. The SMILES string of the molecule is Cc1cc(OCC(=O)OC(C)(C)C)ccc1Sc1ccc(C(C)(C)C)cc1. The summed E-state index contributed by atoms with van der Waals surface area (Å²) in [6.07, 6.45) is 0. The molecular weight excluding hydrogens is 356 g/mol. The lowest BCUT2D eigenvalue weighted by molar-refractivity contribution is -0.157. The Hall–Kier alpha value is -1.94. The first-order chi connectivity index (χ1) is 12.4. The van der Waals surface area contributed by atoms with E-state index < -0.39 is 5.60 Å². The maximum atomic E-state index is 11.8. The Balaban J connectivity index is 1.99. The second-order valence-electron chi connectivity index (χ2n) is 8.68. The lowest BCUT2D eigenvalue weighted by Gasteiger charge is -2.19. The highest BCUT2D eigenvalue weighted by molar-refractivity contribution is 7.99. The van der Waals surface area contributed by atoms with Gasteiger partial charge in [0.25, 0.3) is 0 Å². The number of rotatable bonds is 5. The molecule has 0 aliphatic heterocycles. The second-order valence-corrected chi connectivity index (χ2v) is 9.79. The predicted molar refractivity (Wildman–Crippen MR) is 112 cm³/mol. The molecule has 146 valence electrons. The van der Waals surface area contributed by atoms with Crippen molar-refractivity contribution in [3.8, 4) is 5.75 Å². The van der Waals surface area contributed by atoms with Gasteiger partial charge in [0.1, 0.15) is 11.4 Å². The summed E-state index contributed by atoms with van der Waals surface area (Å²) in [6.45, 7) is 14.1. The Morgan fingerprint density at radius 3 is 2.11 bits per heavy atom. The van der Waals surface area contributed by atoms with Gasteiger partial charge in [-0.2, -0.15) is 0 Å². The summed E-state index contributed by atoms with van der Waals surface area (Å²) < 4.78 is 10.8. The fraction of sp³-hybridized carbons (Fsp3) is 0.435. The lowest BCUT2D eigenvalue weighted by Crippen LogP contribution is -2.27. The van der Waals surface area contributed by atoms with Gasteiger partial charge in [-0.15, -0.1) is 0 Å². The van der Waals surface area contributed by atoms with Crippen molar-refractivity contribution < 1.29 is 14.3 Å². The van der Waals surface area contributed by atoms with Crippen LogP contribution in [0.15, 0.2) is 52.3 Å². The van der Waals surface area contributed by atoms with Gasteiger partial charge in [-0.25, -0.2) is 4.79 Å². The Bertz CT molecular complexity index is 781. The fourth-order valence-corrected chi connectivity index (χ4v) is 3.37. The number of carbonyl (C=O) groups excluding carboxylic acids is 1. The molecule has 0 fully saturated rings. The molecule has 0 heterocycles. The van der Waals surface area contributed by atoms with Gasteiger partial charge in [0, 0.05) is 9.79 Å². The van der Waals surface area contributed by atoms with E-state index in [9.17, 15) is 4.79 Å². The van der Waals surface area contributed by atoms with Crippen LogP contribution in [0.1, 0.15) is 52.7 Å². The first-order valence-electron chi connectivity index (χ1n) is 9.18. The molecular formula is C23H30O3S. The molecule has 2 rings (SSSR count). The summed E-state index contributed by atoms with van der Waals surface area (Å²) in [6, 6.07) is 14.6. The summed E-state index contributed by atoms with van der Waals surface area (Å²) in [4.78, 5) is 14.1. The first-order valence-corrected chi connectivity index (χ1v) is 9.99. The number of hydrogen-bond acceptors (Lipinski definition) is 4. The maximum absolute atomic E-state index is 11.8. The largest absolute Gasteiger partial charge is 0.482 e. The molecule has 3 nitrogen and oxygen atoms in total. The smallest absolute Gasteiger partial charge is 0.344 e. The van der Waals surface area contributed by atoms with Crippen molar-refractivity contribution in [2.75, 3.05) is 6.61 Å². The normalized spacial score (nSPS) is 12.0. The van der Waals surface area contributed by atoms with Crippen molar-refractivity contribution in [3.05, 3.63) is 53.6 Å². The van der Waals surface area contributed by atoms with E-state index in [0.717, 1.165) is 5.56 Å². The van der Waals surface area contributed by atoms with E-state index in [4.69, 9.17) is 9.47 Å². The molecule has 0 saturated heterocycles. The molecule has 2 aromatic rings. The average Bonchev–Trinajstić information content (AvgIpc) is 2.53. The summed E-state index contributed by atoms with van der Waals surface area (Å²) in [5.41, 5.74) is 2.10. The number of carbonyl (C=O) groups is 1. The molecule has 27 heavy (non-hydrogen) atoms. The zero-order chi connectivity index (χ0) is 20.2. The van der Waals surface area contributed by atoms with E-state index in [2.05, 4.69) is 45.0 Å². The van der Waals surface area contributed by atoms with Crippen LogP contribution < -0.4 is 4.74 Å². The van der Waals surface area contributed by atoms with Crippen LogP contribution in [0.4, 0.5) is 0 Å². The van der Waals surface area contributed by atoms with Crippen LogP contribution in [0.2, 0.25) is 0 Å². The monoisotopic (exact) mass is 386 g/mol. The second kappa shape index (κ2) is 8.39. The van der Waals surface area contributed by atoms with Gasteiger partial charge < -0.3 is 9.47 Å². The van der Waals surface area contributed by atoms with E-state index in [1.54, 1.807) is 11.8 Å². The Labute approximate surface area is 167 Å². The summed E-state index contributed by atoms with van der Waals surface area (Å²) in [7, 11) is 0. The third-order valence-corrected chi connectivity index (χ3v) is 5.06. The van der Waals surface area contributed by atoms with E-state index >= 15 is 0 Å². The summed E-state index contributed by atoms with van der Waals surface area (Å²) in [5, 5.41) is 0. The van der Waals surface area contributed by atoms with Crippen LogP contribution in [-0.2, 0) is 14.9 Å². The van der Waals surface area contributed by atoms with E-state index in [-0.39, 0.29) is 18.0 Å². The van der Waals surface area contributed by atoms with Gasteiger partial charge >= 0.3 is 5.97 Å². The zero-order valence-corrected chi connectivity index (χ0v) is 18.2. The van der Waals surface area contributed by atoms with Crippen molar-refractivity contribution in [2.24, 2.45) is 0 Å². The molecule has 0 unspecified atom stereocenters. The fourth-order valence-electron chi connectivity index (χ4n) is 2.49. The molecule has 0 bridgehead atoms. The van der Waals surface area contributed by atoms with Crippen molar-refractivity contribution in [1.29, 1.82) is 0 Å². The number of benzene rings is 2. The van der Waals surface area contributed by atoms with Crippen molar-refractivity contribution in [3.63, 3.8) is 0 Å². The standard InChI is InChI=1S/C23H30O3S/c1-16-14-18(25-15-21(24)26-23(5,6)7)10-13-20(16)27-19-11-8-17(9-12-19)22(2,3)4/h8-14H,15H2,1-7H3. The number of aryl methyl sites for hydroxylation is 1. The quantitative estimate of drug-likeness (QED) is 0.576. The molecule has 2 aromatic carbocycles. The van der Waals surface area contributed by atoms with Crippen LogP contribution in [0.3, 0.4) is 0 Å². The van der Waals surface area contributed by atoms with Gasteiger partial charge in [-0.1, -0.05) is 44.7 Å². The van der Waals surface area contributed by atoms with Gasteiger partial charge in [0.15, 0.2) is 6.61 Å². The molecule has 0 aromatic heterocycles. The lowest BCUT2D eigenvalue weighted by atomic mass is 9.87. The first kappa shape index (κ1) is 21.4. The Morgan fingerprint density at radius 1 is 0.963 bits per heavy atom. The van der Waals surface area contributed by atoms with Crippen LogP contribution in [0.25, 0.3) is 0 Å². The molecule has 0 amide bonds. The average molecular weight is 387 g/mol. The van der Waals surface area contributed by atoms with Crippen LogP contribution >= 0.6 is 11.8 Å². The molecule has 0 spiro atoms. The Kier molecular flexibility index (Phi) is 6.63. The Morgan fingerprint density at radius 2 is 1.59 bits per heavy atom. The van der Waals surface area contributed by atoms with Gasteiger partial charge in [0.2, 0.25) is 0 Å². The highest BCUT2D eigenvalue weighted by Crippen LogP contribution is 2.33. The number of hydrogen-bond donors (Lipinski definition) is 0. The highest BCUT2D eigenvalue weighted by atomic mass is 32.2. The van der Waals surface area contributed by atoms with Gasteiger partial charge in [-0.3, -0.25) is 0 Å². The molecule has 0 radical (unpaired) electrons. The molecule has 0 atom stereocenters. The third-order valence-electron chi connectivity index (χ3n) is 3.87.